The molecule has 0 saturated carbocycles. The maximum Gasteiger partial charge on any atom is 0.514 e. The van der Waals surface area contributed by atoms with Gasteiger partial charge in [-0.3, -0.25) is 4.98 Å². The summed E-state index contributed by atoms with van der Waals surface area (Å²) in [6.45, 7) is 9.99. The summed E-state index contributed by atoms with van der Waals surface area (Å²) in [5.74, 6) is 0. The van der Waals surface area contributed by atoms with Gasteiger partial charge in [-0.2, -0.15) is 0 Å². The fraction of sp³-hybridized carbons (Fsp3) is 0.583. The van der Waals surface area contributed by atoms with Crippen LogP contribution < -0.4 is 5.59 Å². The zero-order chi connectivity index (χ0) is 12.8. The predicted octanol–water partition coefficient (Wildman–Crippen LogP) is 2.34. The third-order valence-corrected chi connectivity index (χ3v) is 3.96. The Kier molecular flexibility index (Phi) is 3.01. The highest BCUT2D eigenvalue weighted by molar-refractivity contribution is 6.61. The Labute approximate surface area is 108 Å². The van der Waals surface area contributed by atoms with Crippen LogP contribution in [0.2, 0.25) is 5.02 Å². The van der Waals surface area contributed by atoms with Gasteiger partial charge in [0.25, 0.3) is 0 Å². The molecule has 17 heavy (non-hydrogen) atoms. The van der Waals surface area contributed by atoms with Gasteiger partial charge < -0.3 is 9.31 Å². The maximum atomic E-state index is 6.08. The van der Waals surface area contributed by atoms with E-state index in [0.29, 0.717) is 5.02 Å². The Balaban J connectivity index is 2.29. The van der Waals surface area contributed by atoms with E-state index in [4.69, 9.17) is 20.9 Å². The predicted molar refractivity (Wildman–Crippen MR) is 69.7 cm³/mol. The van der Waals surface area contributed by atoms with Gasteiger partial charge in [0.15, 0.2) is 0 Å². The summed E-state index contributed by atoms with van der Waals surface area (Å²) in [6, 6.07) is 1.80. The highest BCUT2D eigenvalue weighted by Crippen LogP contribution is 2.36. The number of hydrogen-bond acceptors (Lipinski definition) is 3. The number of hydrogen-bond donors (Lipinski definition) is 0. The molecule has 0 unspecified atom stereocenters. The molecule has 0 N–H and O–H groups in total. The summed E-state index contributed by atoms with van der Waals surface area (Å²) >= 11 is 6.08. The average Bonchev–Trinajstić information content (AvgIpc) is 2.41. The maximum absolute atomic E-state index is 6.08. The van der Waals surface area contributed by atoms with Crippen LogP contribution in [0.25, 0.3) is 0 Å². The molecule has 0 spiro atoms. The van der Waals surface area contributed by atoms with Crippen molar-refractivity contribution in [2.75, 3.05) is 0 Å². The molecule has 1 aromatic rings. The highest BCUT2D eigenvalue weighted by atomic mass is 35.5. The topological polar surface area (TPSA) is 31.4 Å². The molecule has 92 valence electrons. The minimum atomic E-state index is -0.446. The first-order valence-corrected chi connectivity index (χ1v) is 6.08. The number of aryl methyl sites for hydroxylation is 1. The standard InChI is InChI=1S/C12H17BClNO2/c1-8-7-15-10(6-9(8)14)13-16-11(2,3)12(4,5)17-13/h6-7H,1-5H3. The smallest absolute Gasteiger partial charge is 0.398 e. The molecule has 5 heteroatoms. The minimum absolute atomic E-state index is 0.350. The van der Waals surface area contributed by atoms with E-state index in [1.54, 1.807) is 12.3 Å². The molecule has 0 amide bonds. The van der Waals surface area contributed by atoms with E-state index in [1.807, 2.05) is 34.6 Å². The number of aromatic nitrogens is 1. The van der Waals surface area contributed by atoms with E-state index in [9.17, 15) is 0 Å². The van der Waals surface area contributed by atoms with Crippen molar-refractivity contribution >= 4 is 24.3 Å². The third-order valence-electron chi connectivity index (χ3n) is 3.55. The van der Waals surface area contributed by atoms with Crippen LogP contribution in [0.15, 0.2) is 12.3 Å². The van der Waals surface area contributed by atoms with Gasteiger partial charge in [-0.25, -0.2) is 0 Å². The summed E-state index contributed by atoms with van der Waals surface area (Å²) in [4.78, 5) is 4.32. The van der Waals surface area contributed by atoms with Gasteiger partial charge in [0.05, 0.1) is 16.8 Å². The lowest BCUT2D eigenvalue weighted by atomic mass is 9.84. The van der Waals surface area contributed by atoms with Gasteiger partial charge in [0.1, 0.15) is 0 Å². The Morgan fingerprint density at radius 2 is 1.71 bits per heavy atom. The minimum Gasteiger partial charge on any atom is -0.398 e. The molecule has 1 aliphatic rings. The first-order chi connectivity index (χ1) is 7.73. The molecule has 0 radical (unpaired) electrons. The van der Waals surface area contributed by atoms with Crippen LogP contribution >= 0.6 is 11.6 Å². The van der Waals surface area contributed by atoms with Crippen molar-refractivity contribution in [2.24, 2.45) is 0 Å². The second kappa shape index (κ2) is 3.97. The fourth-order valence-electron chi connectivity index (χ4n) is 1.61. The zero-order valence-corrected chi connectivity index (χ0v) is 11.6. The molecular weight excluding hydrogens is 236 g/mol. The lowest BCUT2D eigenvalue weighted by Gasteiger charge is -2.32. The van der Waals surface area contributed by atoms with E-state index in [0.717, 1.165) is 11.2 Å². The van der Waals surface area contributed by atoms with Crippen LogP contribution in [0.3, 0.4) is 0 Å². The molecule has 0 aliphatic carbocycles. The third kappa shape index (κ3) is 2.22. The second-order valence-electron chi connectivity index (χ2n) is 5.45. The van der Waals surface area contributed by atoms with Gasteiger partial charge in [-0.15, -0.1) is 0 Å². The number of rotatable bonds is 1. The number of pyridine rings is 1. The Bertz CT molecular complexity index is 432. The largest absolute Gasteiger partial charge is 0.514 e. The molecule has 1 fully saturated rings. The van der Waals surface area contributed by atoms with Crippen LogP contribution in [-0.2, 0) is 9.31 Å². The molecular formula is C12H17BClNO2. The molecule has 2 rings (SSSR count). The van der Waals surface area contributed by atoms with E-state index < -0.39 is 7.12 Å². The quantitative estimate of drug-likeness (QED) is 0.720. The van der Waals surface area contributed by atoms with Gasteiger partial charge >= 0.3 is 7.12 Å². The molecule has 0 atom stereocenters. The molecule has 1 aromatic heterocycles. The lowest BCUT2D eigenvalue weighted by molar-refractivity contribution is 0.00578. The molecule has 1 saturated heterocycles. The number of halogens is 1. The number of nitrogens with zero attached hydrogens (tertiary/aromatic N) is 1. The van der Waals surface area contributed by atoms with Crippen LogP contribution in [0.1, 0.15) is 33.3 Å². The van der Waals surface area contributed by atoms with Crippen LogP contribution in [0, 0.1) is 6.92 Å². The highest BCUT2D eigenvalue weighted by Gasteiger charge is 2.52. The van der Waals surface area contributed by atoms with Crippen molar-refractivity contribution in [3.05, 3.63) is 22.8 Å². The summed E-state index contributed by atoms with van der Waals surface area (Å²) < 4.78 is 11.8. The second-order valence-corrected chi connectivity index (χ2v) is 5.85. The molecule has 0 bridgehead atoms. The van der Waals surface area contributed by atoms with Crippen molar-refractivity contribution in [2.45, 2.75) is 45.8 Å². The molecule has 0 aromatic carbocycles. The van der Waals surface area contributed by atoms with Crippen molar-refractivity contribution in [3.63, 3.8) is 0 Å². The van der Waals surface area contributed by atoms with Crippen LogP contribution in [0.4, 0.5) is 0 Å². The molecule has 3 nitrogen and oxygen atoms in total. The van der Waals surface area contributed by atoms with E-state index in [-0.39, 0.29) is 11.2 Å². The fourth-order valence-corrected chi connectivity index (χ4v) is 1.77. The lowest BCUT2D eigenvalue weighted by Crippen LogP contribution is -2.41. The van der Waals surface area contributed by atoms with E-state index >= 15 is 0 Å². The van der Waals surface area contributed by atoms with Crippen molar-refractivity contribution in [1.29, 1.82) is 0 Å². The Morgan fingerprint density at radius 1 is 1.18 bits per heavy atom. The average molecular weight is 254 g/mol. The first-order valence-electron chi connectivity index (χ1n) is 5.71. The van der Waals surface area contributed by atoms with E-state index in [1.165, 1.54) is 0 Å². The summed E-state index contributed by atoms with van der Waals surface area (Å²) in [6.07, 6.45) is 1.74. The Hall–Kier alpha value is -0.575. The molecule has 1 aliphatic heterocycles. The van der Waals surface area contributed by atoms with Gasteiger partial charge in [0.2, 0.25) is 0 Å². The van der Waals surface area contributed by atoms with E-state index in [2.05, 4.69) is 4.98 Å². The van der Waals surface area contributed by atoms with Crippen molar-refractivity contribution in [3.8, 4) is 0 Å². The van der Waals surface area contributed by atoms with Crippen LogP contribution in [-0.4, -0.2) is 23.3 Å². The van der Waals surface area contributed by atoms with Crippen LogP contribution in [0.5, 0.6) is 0 Å². The van der Waals surface area contributed by atoms with Crippen molar-refractivity contribution in [1.82, 2.24) is 4.98 Å². The SMILES string of the molecule is Cc1cnc(B2OC(C)(C)C(C)(C)O2)cc1Cl. The normalized spacial score (nSPS) is 21.9. The summed E-state index contributed by atoms with van der Waals surface area (Å²) in [7, 11) is -0.446. The summed E-state index contributed by atoms with van der Waals surface area (Å²) in [5, 5.41) is 0.685. The zero-order valence-electron chi connectivity index (χ0n) is 10.9. The van der Waals surface area contributed by atoms with Crippen molar-refractivity contribution < 1.29 is 9.31 Å². The summed E-state index contributed by atoms with van der Waals surface area (Å²) in [5.41, 5.74) is 0.971. The Morgan fingerprint density at radius 3 is 2.18 bits per heavy atom. The first kappa shape index (κ1) is 12.9. The van der Waals surface area contributed by atoms with Gasteiger partial charge in [0, 0.05) is 11.2 Å². The monoisotopic (exact) mass is 253 g/mol. The van der Waals surface area contributed by atoms with Gasteiger partial charge in [-0.05, 0) is 46.2 Å². The molecule has 2 heterocycles. The van der Waals surface area contributed by atoms with Gasteiger partial charge in [-0.1, -0.05) is 11.6 Å².